The first kappa shape index (κ1) is 18.6. The predicted octanol–water partition coefficient (Wildman–Crippen LogP) is 4.98. The number of ether oxygens (including phenoxy) is 3. The Bertz CT molecular complexity index is 1210. The molecular formula is C25H23NO4. The first-order valence-corrected chi connectivity index (χ1v) is 10.0. The van der Waals surface area contributed by atoms with Crippen LogP contribution in [0.25, 0.3) is 16.3 Å². The number of hydrogen-bond donors (Lipinski definition) is 1. The normalized spacial score (nSPS) is 16.0. The van der Waals surface area contributed by atoms with Gasteiger partial charge in [-0.05, 0) is 37.4 Å². The Kier molecular flexibility index (Phi) is 4.21. The van der Waals surface area contributed by atoms with E-state index in [4.69, 9.17) is 14.2 Å². The van der Waals surface area contributed by atoms with Crippen LogP contribution < -0.4 is 19.5 Å². The number of rotatable bonds is 3. The largest absolute Gasteiger partial charge is 0.493 e. The van der Waals surface area contributed by atoms with E-state index >= 15 is 0 Å². The highest BCUT2D eigenvalue weighted by atomic mass is 16.5. The van der Waals surface area contributed by atoms with Crippen LogP contribution in [0, 0.1) is 0 Å². The van der Waals surface area contributed by atoms with Crippen molar-refractivity contribution in [3.05, 3.63) is 65.7 Å². The molecule has 0 unspecified atom stereocenters. The predicted molar refractivity (Wildman–Crippen MR) is 117 cm³/mol. The van der Waals surface area contributed by atoms with Gasteiger partial charge >= 0.3 is 0 Å². The summed E-state index contributed by atoms with van der Waals surface area (Å²) < 4.78 is 17.4. The van der Waals surface area contributed by atoms with Gasteiger partial charge in [-0.15, -0.1) is 0 Å². The zero-order valence-corrected chi connectivity index (χ0v) is 17.2. The van der Waals surface area contributed by atoms with Crippen LogP contribution in [-0.4, -0.2) is 25.2 Å². The molecule has 5 rings (SSSR count). The van der Waals surface area contributed by atoms with Gasteiger partial charge in [0.2, 0.25) is 0 Å². The highest BCUT2D eigenvalue weighted by molar-refractivity contribution is 6.27. The molecule has 2 heterocycles. The third-order valence-electron chi connectivity index (χ3n) is 5.53. The molecule has 0 spiro atoms. The van der Waals surface area contributed by atoms with Gasteiger partial charge in [-0.3, -0.25) is 4.79 Å². The Morgan fingerprint density at radius 1 is 1.10 bits per heavy atom. The lowest BCUT2D eigenvalue weighted by Gasteiger charge is -2.20. The minimum Gasteiger partial charge on any atom is -0.493 e. The van der Waals surface area contributed by atoms with Crippen molar-refractivity contribution in [2.75, 3.05) is 19.0 Å². The van der Waals surface area contributed by atoms with E-state index in [2.05, 4.69) is 5.32 Å². The maximum absolute atomic E-state index is 13.2. The molecule has 152 valence electrons. The molecule has 2 aliphatic rings. The van der Waals surface area contributed by atoms with E-state index in [9.17, 15) is 4.79 Å². The molecule has 0 saturated carbocycles. The van der Waals surface area contributed by atoms with Gasteiger partial charge in [0.15, 0.2) is 11.5 Å². The lowest BCUT2D eigenvalue weighted by atomic mass is 9.97. The summed E-state index contributed by atoms with van der Waals surface area (Å²) in [5, 5.41) is 5.13. The highest BCUT2D eigenvalue weighted by Crippen LogP contribution is 2.44. The summed E-state index contributed by atoms with van der Waals surface area (Å²) in [5.74, 6) is 1.96. The SMILES string of the molecule is COc1cc(NC(=O)C2=CCOc3c2ccc2ccccc32)cc2c1OC(C)(C)C2. The topological polar surface area (TPSA) is 56.8 Å². The molecular weight excluding hydrogens is 378 g/mol. The molecule has 0 radical (unpaired) electrons. The summed E-state index contributed by atoms with van der Waals surface area (Å²) in [6, 6.07) is 15.8. The standard InChI is InChI=1S/C25H23NO4/c1-25(2)14-16-12-17(13-21(28-3)22(16)30-25)26-24(27)20-10-11-29-23-18-7-5-4-6-15(18)8-9-19(20)23/h4-10,12-13H,11,14H2,1-3H3,(H,26,27). The van der Waals surface area contributed by atoms with Crippen molar-refractivity contribution >= 4 is 27.9 Å². The van der Waals surface area contributed by atoms with E-state index in [-0.39, 0.29) is 11.5 Å². The van der Waals surface area contributed by atoms with Crippen molar-refractivity contribution in [2.24, 2.45) is 0 Å². The second-order valence-electron chi connectivity index (χ2n) is 8.25. The molecule has 3 aromatic rings. The Morgan fingerprint density at radius 2 is 1.93 bits per heavy atom. The highest BCUT2D eigenvalue weighted by Gasteiger charge is 2.33. The summed E-state index contributed by atoms with van der Waals surface area (Å²) in [7, 11) is 1.61. The quantitative estimate of drug-likeness (QED) is 0.673. The van der Waals surface area contributed by atoms with Gasteiger partial charge < -0.3 is 19.5 Å². The lowest BCUT2D eigenvalue weighted by molar-refractivity contribution is -0.111. The molecule has 0 aliphatic carbocycles. The van der Waals surface area contributed by atoms with Crippen LogP contribution in [0.1, 0.15) is 25.0 Å². The number of nitrogens with one attached hydrogen (secondary N) is 1. The molecule has 0 fully saturated rings. The minimum atomic E-state index is -0.290. The minimum absolute atomic E-state index is 0.171. The summed E-state index contributed by atoms with van der Waals surface area (Å²) in [4.78, 5) is 13.2. The van der Waals surface area contributed by atoms with E-state index in [1.54, 1.807) is 13.2 Å². The summed E-state index contributed by atoms with van der Waals surface area (Å²) in [6.07, 6.45) is 2.58. The third-order valence-corrected chi connectivity index (χ3v) is 5.53. The smallest absolute Gasteiger partial charge is 0.256 e. The van der Waals surface area contributed by atoms with Gasteiger partial charge in [-0.25, -0.2) is 0 Å². The molecule has 30 heavy (non-hydrogen) atoms. The van der Waals surface area contributed by atoms with Gasteiger partial charge in [-0.1, -0.05) is 30.3 Å². The summed E-state index contributed by atoms with van der Waals surface area (Å²) in [5.41, 5.74) is 2.84. The maximum Gasteiger partial charge on any atom is 0.256 e. The van der Waals surface area contributed by atoms with Crippen LogP contribution in [-0.2, 0) is 11.2 Å². The fraction of sp³-hybridized carbons (Fsp3) is 0.240. The van der Waals surface area contributed by atoms with Gasteiger partial charge in [0.1, 0.15) is 18.0 Å². The van der Waals surface area contributed by atoms with Crippen molar-refractivity contribution in [3.8, 4) is 17.2 Å². The number of anilines is 1. The fourth-order valence-corrected chi connectivity index (χ4v) is 4.24. The average molecular weight is 401 g/mol. The molecule has 1 amide bonds. The Hall–Kier alpha value is -3.47. The molecule has 5 nitrogen and oxygen atoms in total. The van der Waals surface area contributed by atoms with Crippen molar-refractivity contribution in [2.45, 2.75) is 25.9 Å². The van der Waals surface area contributed by atoms with E-state index < -0.39 is 0 Å². The zero-order valence-electron chi connectivity index (χ0n) is 17.2. The van der Waals surface area contributed by atoms with Crippen LogP contribution in [0.5, 0.6) is 17.2 Å². The maximum atomic E-state index is 13.2. The van der Waals surface area contributed by atoms with Crippen molar-refractivity contribution in [3.63, 3.8) is 0 Å². The molecule has 3 aromatic carbocycles. The third kappa shape index (κ3) is 3.07. The number of fused-ring (bicyclic) bond motifs is 4. The summed E-state index contributed by atoms with van der Waals surface area (Å²) >= 11 is 0. The van der Waals surface area contributed by atoms with Crippen molar-refractivity contribution in [1.82, 2.24) is 0 Å². The van der Waals surface area contributed by atoms with Crippen LogP contribution in [0.4, 0.5) is 5.69 Å². The number of carbonyl (C=O) groups is 1. The van der Waals surface area contributed by atoms with Gasteiger partial charge in [0.25, 0.3) is 5.91 Å². The number of amides is 1. The van der Waals surface area contributed by atoms with E-state index in [1.807, 2.05) is 62.4 Å². The fourth-order valence-electron chi connectivity index (χ4n) is 4.24. The second kappa shape index (κ2) is 6.80. The average Bonchev–Trinajstić information content (AvgIpc) is 3.06. The molecule has 0 aromatic heterocycles. The molecule has 1 N–H and O–H groups in total. The number of carbonyl (C=O) groups excluding carboxylic acids is 1. The van der Waals surface area contributed by atoms with Crippen LogP contribution in [0.15, 0.2) is 54.6 Å². The Labute approximate surface area is 175 Å². The molecule has 5 heteroatoms. The summed E-state index contributed by atoms with van der Waals surface area (Å²) in [6.45, 7) is 4.44. The molecule has 0 atom stereocenters. The van der Waals surface area contributed by atoms with E-state index in [0.717, 1.165) is 39.8 Å². The Morgan fingerprint density at radius 3 is 2.77 bits per heavy atom. The first-order chi connectivity index (χ1) is 14.4. The molecule has 2 aliphatic heterocycles. The monoisotopic (exact) mass is 401 g/mol. The van der Waals surface area contributed by atoms with Crippen LogP contribution in [0.2, 0.25) is 0 Å². The van der Waals surface area contributed by atoms with Crippen molar-refractivity contribution in [1.29, 1.82) is 0 Å². The zero-order chi connectivity index (χ0) is 20.9. The van der Waals surface area contributed by atoms with E-state index in [0.29, 0.717) is 23.6 Å². The molecule has 0 bridgehead atoms. The van der Waals surface area contributed by atoms with E-state index in [1.165, 1.54) is 0 Å². The van der Waals surface area contributed by atoms with Crippen LogP contribution >= 0.6 is 0 Å². The number of hydrogen-bond acceptors (Lipinski definition) is 4. The number of methoxy groups -OCH3 is 1. The lowest BCUT2D eigenvalue weighted by Crippen LogP contribution is -2.24. The van der Waals surface area contributed by atoms with Gasteiger partial charge in [-0.2, -0.15) is 0 Å². The van der Waals surface area contributed by atoms with Gasteiger partial charge in [0.05, 0.1) is 12.7 Å². The second-order valence-corrected chi connectivity index (χ2v) is 8.25. The van der Waals surface area contributed by atoms with Gasteiger partial charge in [0, 0.05) is 34.7 Å². The first-order valence-electron chi connectivity index (χ1n) is 10.0. The van der Waals surface area contributed by atoms with Crippen molar-refractivity contribution < 1.29 is 19.0 Å². The van der Waals surface area contributed by atoms with Crippen LogP contribution in [0.3, 0.4) is 0 Å². The molecule has 0 saturated heterocycles. The number of benzene rings is 3. The Balaban J connectivity index is 1.48.